The van der Waals surface area contributed by atoms with Gasteiger partial charge in [0.05, 0.1) is 33.4 Å². The number of nitrogens with zero attached hydrogens (tertiary/aromatic N) is 4. The number of fused-ring (bicyclic) bond motifs is 1. The lowest BCUT2D eigenvalue weighted by molar-refractivity contribution is 0.0943. The topological polar surface area (TPSA) is 109 Å². The van der Waals surface area contributed by atoms with Crippen LogP contribution in [0.3, 0.4) is 0 Å². The average molecular weight is 449 g/mol. The third-order valence-corrected chi connectivity index (χ3v) is 4.88. The van der Waals surface area contributed by atoms with Gasteiger partial charge in [-0.3, -0.25) is 4.79 Å². The van der Waals surface area contributed by atoms with Crippen LogP contribution < -0.4 is 24.3 Å². The Labute approximate surface area is 190 Å². The summed E-state index contributed by atoms with van der Waals surface area (Å²) < 4.78 is 23.0. The maximum absolute atomic E-state index is 12.5. The molecule has 0 atom stereocenters. The molecule has 0 saturated carbocycles. The normalized spacial score (nSPS) is 10.6. The Hall–Kier alpha value is -4.34. The van der Waals surface area contributed by atoms with Crippen LogP contribution in [-0.2, 0) is 0 Å². The van der Waals surface area contributed by atoms with E-state index in [0.717, 1.165) is 11.3 Å². The van der Waals surface area contributed by atoms with E-state index in [1.807, 2.05) is 24.3 Å². The second-order valence-corrected chi connectivity index (χ2v) is 6.86. The summed E-state index contributed by atoms with van der Waals surface area (Å²) in [5, 5.41) is 15.6. The van der Waals surface area contributed by atoms with Gasteiger partial charge in [-0.1, -0.05) is 0 Å². The van der Waals surface area contributed by atoms with E-state index in [-0.39, 0.29) is 19.1 Å². The lowest BCUT2D eigenvalue weighted by Crippen LogP contribution is -2.28. The second kappa shape index (κ2) is 9.86. The van der Waals surface area contributed by atoms with E-state index >= 15 is 0 Å². The van der Waals surface area contributed by atoms with Crippen molar-refractivity contribution >= 4 is 11.6 Å². The van der Waals surface area contributed by atoms with Crippen LogP contribution in [0.1, 0.15) is 10.4 Å². The summed E-state index contributed by atoms with van der Waals surface area (Å²) in [7, 11) is 4.66. The molecule has 0 fully saturated rings. The van der Waals surface area contributed by atoms with Crippen molar-refractivity contribution in [1.29, 1.82) is 0 Å². The molecule has 0 unspecified atom stereocenters. The predicted molar refractivity (Wildman–Crippen MR) is 120 cm³/mol. The van der Waals surface area contributed by atoms with Crippen LogP contribution in [0, 0.1) is 0 Å². The summed E-state index contributed by atoms with van der Waals surface area (Å²) in [6, 6.07) is 16.0. The molecule has 2 aromatic heterocycles. The van der Waals surface area contributed by atoms with Crippen molar-refractivity contribution < 1.29 is 23.7 Å². The largest absolute Gasteiger partial charge is 0.497 e. The molecule has 10 nitrogen and oxygen atoms in total. The Kier molecular flexibility index (Phi) is 6.53. The highest BCUT2D eigenvalue weighted by Crippen LogP contribution is 2.24. The second-order valence-electron chi connectivity index (χ2n) is 6.86. The quantitative estimate of drug-likeness (QED) is 0.389. The molecular weight excluding hydrogens is 426 g/mol. The van der Waals surface area contributed by atoms with Gasteiger partial charge in [0.25, 0.3) is 5.91 Å². The maximum Gasteiger partial charge on any atom is 0.255 e. The summed E-state index contributed by atoms with van der Waals surface area (Å²) in [6.07, 6.45) is 0. The number of rotatable bonds is 9. The van der Waals surface area contributed by atoms with Gasteiger partial charge < -0.3 is 24.3 Å². The van der Waals surface area contributed by atoms with Crippen molar-refractivity contribution in [3.8, 4) is 34.5 Å². The summed E-state index contributed by atoms with van der Waals surface area (Å²) in [6.45, 7) is 0.489. The fourth-order valence-corrected chi connectivity index (χ4v) is 3.18. The van der Waals surface area contributed by atoms with Crippen molar-refractivity contribution in [1.82, 2.24) is 25.1 Å². The molecule has 0 aliphatic carbocycles. The zero-order valence-corrected chi connectivity index (χ0v) is 18.4. The minimum absolute atomic E-state index is 0.219. The van der Waals surface area contributed by atoms with Crippen LogP contribution in [-0.4, -0.2) is 60.2 Å². The van der Waals surface area contributed by atoms with Gasteiger partial charge in [0.15, 0.2) is 11.5 Å². The molecule has 0 saturated heterocycles. The van der Waals surface area contributed by atoms with Crippen molar-refractivity contribution in [3.05, 3.63) is 60.2 Å². The van der Waals surface area contributed by atoms with E-state index in [9.17, 15) is 4.79 Å². The highest BCUT2D eigenvalue weighted by atomic mass is 16.5. The molecule has 4 aromatic rings. The Balaban J connectivity index is 1.40. The van der Waals surface area contributed by atoms with Gasteiger partial charge in [-0.15, -0.1) is 15.3 Å². The first kappa shape index (κ1) is 21.9. The number of carbonyl (C=O) groups is 1. The van der Waals surface area contributed by atoms with E-state index in [1.54, 1.807) is 42.0 Å². The van der Waals surface area contributed by atoms with Crippen LogP contribution in [0.2, 0.25) is 0 Å². The minimum Gasteiger partial charge on any atom is -0.497 e. The van der Waals surface area contributed by atoms with Gasteiger partial charge >= 0.3 is 0 Å². The number of nitrogens with one attached hydrogen (secondary N) is 1. The maximum atomic E-state index is 12.5. The minimum atomic E-state index is -0.293. The van der Waals surface area contributed by atoms with Crippen molar-refractivity contribution in [2.45, 2.75) is 0 Å². The number of amides is 1. The number of hydrogen-bond acceptors (Lipinski definition) is 8. The lowest BCUT2D eigenvalue weighted by Gasteiger charge is -2.11. The molecule has 33 heavy (non-hydrogen) atoms. The SMILES string of the molecule is COc1ccc(-c2nnc3ccc(OCCNC(=O)c4cc(OC)ccc4OC)nn23)cc1. The number of methoxy groups -OCH3 is 3. The van der Waals surface area contributed by atoms with E-state index in [2.05, 4.69) is 20.6 Å². The average Bonchev–Trinajstić information content (AvgIpc) is 3.29. The molecule has 10 heteroatoms. The Morgan fingerprint density at radius 3 is 2.39 bits per heavy atom. The summed E-state index contributed by atoms with van der Waals surface area (Å²) in [5.74, 6) is 2.44. The third kappa shape index (κ3) is 4.79. The third-order valence-electron chi connectivity index (χ3n) is 4.88. The summed E-state index contributed by atoms with van der Waals surface area (Å²) >= 11 is 0. The molecule has 0 bridgehead atoms. The van der Waals surface area contributed by atoms with Crippen molar-refractivity contribution in [2.75, 3.05) is 34.5 Å². The van der Waals surface area contributed by atoms with Crippen LogP contribution in [0.5, 0.6) is 23.1 Å². The van der Waals surface area contributed by atoms with Crippen LogP contribution >= 0.6 is 0 Å². The highest BCUT2D eigenvalue weighted by Gasteiger charge is 2.14. The molecule has 0 aliphatic heterocycles. The molecule has 1 N–H and O–H groups in total. The molecule has 0 aliphatic rings. The Morgan fingerprint density at radius 2 is 1.67 bits per heavy atom. The highest BCUT2D eigenvalue weighted by molar-refractivity contribution is 5.97. The van der Waals surface area contributed by atoms with Crippen molar-refractivity contribution in [2.24, 2.45) is 0 Å². The molecule has 0 radical (unpaired) electrons. The fraction of sp³-hybridized carbons (Fsp3) is 0.217. The molecule has 2 heterocycles. The van der Waals surface area contributed by atoms with E-state index in [4.69, 9.17) is 18.9 Å². The van der Waals surface area contributed by atoms with Crippen LogP contribution in [0.25, 0.3) is 17.0 Å². The van der Waals surface area contributed by atoms with Crippen LogP contribution in [0.4, 0.5) is 0 Å². The first-order chi connectivity index (χ1) is 16.1. The molecule has 170 valence electrons. The lowest BCUT2D eigenvalue weighted by atomic mass is 10.1. The molecular formula is C23H23N5O5. The van der Waals surface area contributed by atoms with Gasteiger partial charge in [-0.05, 0) is 48.5 Å². The Morgan fingerprint density at radius 1 is 0.909 bits per heavy atom. The van der Waals surface area contributed by atoms with Gasteiger partial charge in [0, 0.05) is 11.6 Å². The Bertz CT molecular complexity index is 1260. The van der Waals surface area contributed by atoms with Crippen molar-refractivity contribution in [3.63, 3.8) is 0 Å². The molecule has 0 spiro atoms. The first-order valence-corrected chi connectivity index (χ1v) is 10.1. The zero-order chi connectivity index (χ0) is 23.2. The van der Waals surface area contributed by atoms with Gasteiger partial charge in [-0.25, -0.2) is 0 Å². The standard InChI is InChI=1S/C23H23N5O5/c1-30-16-6-4-15(5-7-16)22-26-25-20-10-11-21(27-28(20)22)33-13-12-24-23(29)18-14-17(31-2)8-9-19(18)32-3/h4-11,14H,12-13H2,1-3H3,(H,24,29). The summed E-state index contributed by atoms with van der Waals surface area (Å²) in [4.78, 5) is 12.5. The number of ether oxygens (including phenoxy) is 4. The van der Waals surface area contributed by atoms with E-state index in [0.29, 0.717) is 34.4 Å². The number of aromatic nitrogens is 4. The first-order valence-electron chi connectivity index (χ1n) is 10.1. The molecule has 1 amide bonds. The van der Waals surface area contributed by atoms with E-state index in [1.165, 1.54) is 14.2 Å². The van der Waals surface area contributed by atoms with Gasteiger partial charge in [0.1, 0.15) is 23.9 Å². The number of carbonyl (C=O) groups excluding carboxylic acids is 1. The molecule has 2 aromatic carbocycles. The number of hydrogen-bond donors (Lipinski definition) is 1. The predicted octanol–water partition coefficient (Wildman–Crippen LogP) is 2.63. The number of benzene rings is 2. The molecule has 4 rings (SSSR count). The smallest absolute Gasteiger partial charge is 0.255 e. The summed E-state index contributed by atoms with van der Waals surface area (Å²) in [5.41, 5.74) is 1.81. The monoisotopic (exact) mass is 449 g/mol. The van der Waals surface area contributed by atoms with Gasteiger partial charge in [0.2, 0.25) is 5.88 Å². The van der Waals surface area contributed by atoms with Crippen LogP contribution in [0.15, 0.2) is 54.6 Å². The zero-order valence-electron chi connectivity index (χ0n) is 18.4. The fourth-order valence-electron chi connectivity index (χ4n) is 3.18. The van der Waals surface area contributed by atoms with E-state index < -0.39 is 0 Å². The van der Waals surface area contributed by atoms with Gasteiger partial charge in [-0.2, -0.15) is 4.52 Å².